The molecule has 1 aliphatic heterocycles. The van der Waals surface area contributed by atoms with Gasteiger partial charge >= 0.3 is 0 Å². The van der Waals surface area contributed by atoms with Crippen LogP contribution < -0.4 is 5.32 Å². The molecule has 0 saturated carbocycles. The average molecular weight is 322 g/mol. The third-order valence-corrected chi connectivity index (χ3v) is 4.05. The van der Waals surface area contributed by atoms with Gasteiger partial charge in [-0.05, 0) is 19.7 Å². The lowest BCUT2D eigenvalue weighted by atomic mass is 9.93. The minimum atomic E-state index is -0.363. The van der Waals surface area contributed by atoms with Crippen LogP contribution in [0.15, 0.2) is 54.6 Å². The number of hydrogen-bond donors (Lipinski definition) is 1. The highest BCUT2D eigenvalue weighted by Gasteiger charge is 2.27. The van der Waals surface area contributed by atoms with Crippen LogP contribution in [0.1, 0.15) is 22.7 Å². The molecule has 1 aliphatic rings. The number of aldehydes is 1. The Labute approximate surface area is 142 Å². The van der Waals surface area contributed by atoms with Crippen LogP contribution in [0.2, 0.25) is 0 Å². The fraction of sp³-hybridized carbons (Fsp3) is 0.250. The zero-order chi connectivity index (χ0) is 16.9. The molecule has 124 valence electrons. The maximum atomic E-state index is 11.6. The highest BCUT2D eigenvalue weighted by atomic mass is 16.5. The molecule has 1 heterocycles. The van der Waals surface area contributed by atoms with Crippen LogP contribution in [0.4, 0.5) is 0 Å². The summed E-state index contributed by atoms with van der Waals surface area (Å²) in [6.45, 7) is 1.41. The van der Waals surface area contributed by atoms with Gasteiger partial charge in [-0.25, -0.2) is 0 Å². The number of hydrogen-bond acceptors (Lipinski definition) is 4. The molecule has 1 atom stereocenters. The fourth-order valence-electron chi connectivity index (χ4n) is 2.82. The highest BCUT2D eigenvalue weighted by Crippen LogP contribution is 2.36. The first-order valence-electron chi connectivity index (χ1n) is 8.09. The van der Waals surface area contributed by atoms with Crippen molar-refractivity contribution in [3.05, 3.63) is 71.3 Å². The van der Waals surface area contributed by atoms with Gasteiger partial charge in [0.05, 0.1) is 5.70 Å². The van der Waals surface area contributed by atoms with Crippen LogP contribution in [-0.2, 0) is 9.53 Å². The summed E-state index contributed by atoms with van der Waals surface area (Å²) >= 11 is 0. The number of carbonyl (C=O) groups is 1. The number of likely N-dealkylation sites (N-methyl/N-ethyl adjacent to an activating group) is 1. The molecule has 4 heteroatoms. The highest BCUT2D eigenvalue weighted by molar-refractivity contribution is 5.92. The average Bonchev–Trinajstić information content (AvgIpc) is 2.62. The minimum Gasteiger partial charge on any atom is -0.489 e. The second-order valence-corrected chi connectivity index (χ2v) is 6.07. The number of fused-ring (bicyclic) bond motifs is 1. The number of carbonyl (C=O) groups excluding carboxylic acids is 1. The molecule has 1 N–H and O–H groups in total. The summed E-state index contributed by atoms with van der Waals surface area (Å²) in [5.74, 6) is 0.803. The van der Waals surface area contributed by atoms with Crippen molar-refractivity contribution in [2.24, 2.45) is 0 Å². The Bertz CT molecular complexity index is 738. The van der Waals surface area contributed by atoms with E-state index in [1.165, 1.54) is 0 Å². The van der Waals surface area contributed by atoms with E-state index in [4.69, 9.17) is 4.74 Å². The Morgan fingerprint density at radius 1 is 1.08 bits per heavy atom. The Balaban J connectivity index is 2.06. The van der Waals surface area contributed by atoms with E-state index in [9.17, 15) is 4.79 Å². The van der Waals surface area contributed by atoms with Gasteiger partial charge in [0, 0.05) is 17.7 Å². The summed E-state index contributed by atoms with van der Waals surface area (Å²) < 4.78 is 6.14. The van der Waals surface area contributed by atoms with Gasteiger partial charge in [0.15, 0.2) is 5.76 Å². The van der Waals surface area contributed by atoms with Crippen LogP contribution in [0, 0.1) is 0 Å². The van der Waals surface area contributed by atoms with Crippen molar-refractivity contribution in [1.82, 2.24) is 10.2 Å². The first kappa shape index (κ1) is 16.3. The van der Waals surface area contributed by atoms with Crippen molar-refractivity contribution < 1.29 is 9.53 Å². The van der Waals surface area contributed by atoms with E-state index >= 15 is 0 Å². The van der Waals surface area contributed by atoms with Crippen molar-refractivity contribution in [3.63, 3.8) is 0 Å². The lowest BCUT2D eigenvalue weighted by molar-refractivity contribution is -0.109. The van der Waals surface area contributed by atoms with Crippen LogP contribution in [-0.4, -0.2) is 38.4 Å². The maximum Gasteiger partial charge on any atom is 0.150 e. The largest absolute Gasteiger partial charge is 0.489 e. The van der Waals surface area contributed by atoms with E-state index in [1.54, 1.807) is 0 Å². The molecular formula is C20H22N2O2. The fourth-order valence-corrected chi connectivity index (χ4v) is 2.82. The van der Waals surface area contributed by atoms with Crippen LogP contribution in [0.3, 0.4) is 0 Å². The summed E-state index contributed by atoms with van der Waals surface area (Å²) in [6, 6.07) is 17.5. The first-order chi connectivity index (χ1) is 11.7. The third-order valence-electron chi connectivity index (χ3n) is 4.05. The Morgan fingerprint density at radius 2 is 1.79 bits per heavy atom. The number of nitrogens with zero attached hydrogens (tertiary/aromatic N) is 1. The SMILES string of the molecule is CN(C)CCOC1=C(c2ccccc2)NC(C=O)c2ccccc21. The topological polar surface area (TPSA) is 41.6 Å². The standard InChI is InChI=1S/C20H22N2O2/c1-22(2)12-13-24-20-17-11-7-6-10-16(17)18(14-23)21-19(20)15-8-4-3-5-9-15/h3-11,14,18,21H,12-13H2,1-2H3. The van der Waals surface area contributed by atoms with E-state index in [-0.39, 0.29) is 6.04 Å². The van der Waals surface area contributed by atoms with Gasteiger partial charge in [-0.3, -0.25) is 0 Å². The van der Waals surface area contributed by atoms with Gasteiger partial charge in [-0.15, -0.1) is 0 Å². The summed E-state index contributed by atoms with van der Waals surface area (Å²) in [5.41, 5.74) is 3.81. The maximum absolute atomic E-state index is 11.6. The van der Waals surface area contributed by atoms with Crippen LogP contribution in [0.5, 0.6) is 0 Å². The van der Waals surface area contributed by atoms with Gasteiger partial charge in [0.1, 0.15) is 18.9 Å². The second-order valence-electron chi connectivity index (χ2n) is 6.07. The molecule has 4 nitrogen and oxygen atoms in total. The van der Waals surface area contributed by atoms with Crippen molar-refractivity contribution in [2.75, 3.05) is 27.2 Å². The summed E-state index contributed by atoms with van der Waals surface area (Å²) in [6.07, 6.45) is 0.943. The molecule has 24 heavy (non-hydrogen) atoms. The quantitative estimate of drug-likeness (QED) is 0.830. The normalized spacial score (nSPS) is 16.5. The molecule has 0 fully saturated rings. The summed E-state index contributed by atoms with van der Waals surface area (Å²) in [7, 11) is 4.04. The molecule has 2 aromatic rings. The van der Waals surface area contributed by atoms with E-state index in [0.717, 1.165) is 41.0 Å². The molecule has 0 bridgehead atoms. The molecule has 0 saturated heterocycles. The molecule has 0 aliphatic carbocycles. The zero-order valence-electron chi connectivity index (χ0n) is 14.0. The number of rotatable bonds is 6. The van der Waals surface area contributed by atoms with Crippen molar-refractivity contribution in [3.8, 4) is 0 Å². The predicted molar refractivity (Wildman–Crippen MR) is 96.1 cm³/mol. The zero-order valence-corrected chi connectivity index (χ0v) is 14.0. The van der Waals surface area contributed by atoms with Gasteiger partial charge in [-0.2, -0.15) is 0 Å². The third kappa shape index (κ3) is 3.34. The van der Waals surface area contributed by atoms with E-state index in [0.29, 0.717) is 6.61 Å². The molecule has 0 amide bonds. The van der Waals surface area contributed by atoms with Crippen molar-refractivity contribution >= 4 is 17.7 Å². The smallest absolute Gasteiger partial charge is 0.150 e. The second kappa shape index (κ2) is 7.32. The van der Waals surface area contributed by atoms with Gasteiger partial charge in [0.25, 0.3) is 0 Å². The lowest BCUT2D eigenvalue weighted by Gasteiger charge is -2.29. The number of ether oxygens (including phenoxy) is 1. The van der Waals surface area contributed by atoms with Crippen LogP contribution >= 0.6 is 0 Å². The molecule has 3 rings (SSSR count). The number of nitrogens with one attached hydrogen (secondary N) is 1. The van der Waals surface area contributed by atoms with E-state index in [1.807, 2.05) is 68.7 Å². The van der Waals surface area contributed by atoms with E-state index in [2.05, 4.69) is 10.2 Å². The molecule has 2 aromatic carbocycles. The van der Waals surface area contributed by atoms with Gasteiger partial charge in [0.2, 0.25) is 0 Å². The van der Waals surface area contributed by atoms with Crippen LogP contribution in [0.25, 0.3) is 11.5 Å². The number of benzene rings is 2. The first-order valence-corrected chi connectivity index (χ1v) is 8.09. The minimum absolute atomic E-state index is 0.363. The van der Waals surface area contributed by atoms with Crippen molar-refractivity contribution in [2.45, 2.75) is 6.04 Å². The molecule has 1 unspecified atom stereocenters. The summed E-state index contributed by atoms with van der Waals surface area (Å²) in [5, 5.41) is 3.34. The van der Waals surface area contributed by atoms with Gasteiger partial charge in [-0.1, -0.05) is 54.6 Å². The molecular weight excluding hydrogens is 300 g/mol. The lowest BCUT2D eigenvalue weighted by Crippen LogP contribution is -2.28. The van der Waals surface area contributed by atoms with E-state index < -0.39 is 0 Å². The Hall–Kier alpha value is -2.59. The van der Waals surface area contributed by atoms with Gasteiger partial charge < -0.3 is 19.7 Å². The van der Waals surface area contributed by atoms with Crippen molar-refractivity contribution in [1.29, 1.82) is 0 Å². The monoisotopic (exact) mass is 322 g/mol. The molecule has 0 radical (unpaired) electrons. The predicted octanol–water partition coefficient (Wildman–Crippen LogP) is 2.93. The Kier molecular flexibility index (Phi) is 4.96. The summed E-state index contributed by atoms with van der Waals surface area (Å²) in [4.78, 5) is 13.7. The molecule has 0 aromatic heterocycles. The Morgan fingerprint density at radius 3 is 2.50 bits per heavy atom. The molecule has 0 spiro atoms.